The van der Waals surface area contributed by atoms with Gasteiger partial charge in [-0.3, -0.25) is 0 Å². The number of carbonyl (C=O) groups excluding carboxylic acids is 8. The number of rotatable bonds is 53. The van der Waals surface area contributed by atoms with Crippen LogP contribution in [0.2, 0.25) is 0 Å². The molecule has 0 aliphatic carbocycles. The molecule has 0 N–H and O–H groups in total. The Morgan fingerprint density at radius 1 is 0.214 bits per heavy atom. The summed E-state index contributed by atoms with van der Waals surface area (Å²) in [5.74, 6) is -1.55. The molecule has 0 heterocycles. The predicted molar refractivity (Wildman–Crippen MR) is 414 cm³/mol. The lowest BCUT2D eigenvalue weighted by Crippen LogP contribution is -2.21. The summed E-state index contributed by atoms with van der Waals surface area (Å²) in [7, 11) is 0. The second-order valence-corrected chi connectivity index (χ2v) is 28.2. The van der Waals surface area contributed by atoms with Crippen LogP contribution in [0.3, 0.4) is 0 Å². The maximum Gasteiger partial charge on any atom is 0.339 e. The molecule has 3 aromatic rings. The molecule has 16 nitrogen and oxygen atoms in total. The highest BCUT2D eigenvalue weighted by molar-refractivity contribution is 6.06. The molecule has 3 rings (SSSR count). The molecule has 0 saturated heterocycles. The van der Waals surface area contributed by atoms with Crippen LogP contribution in [0.1, 0.15) is 380 Å². The van der Waals surface area contributed by atoms with Crippen molar-refractivity contribution < 1.29 is 76.3 Å². The Morgan fingerprint density at radius 3 is 0.641 bits per heavy atom. The van der Waals surface area contributed by atoms with Crippen LogP contribution in [0.4, 0.5) is 0 Å². The molecule has 0 amide bonds. The van der Waals surface area contributed by atoms with E-state index >= 15 is 0 Å². The van der Waals surface area contributed by atoms with Gasteiger partial charge in [0.25, 0.3) is 0 Å². The van der Waals surface area contributed by atoms with Gasteiger partial charge in [-0.2, -0.15) is 0 Å². The van der Waals surface area contributed by atoms with Crippen LogP contribution in [-0.2, 0) is 37.9 Å². The van der Waals surface area contributed by atoms with Crippen molar-refractivity contribution in [2.75, 3.05) is 52.9 Å². The van der Waals surface area contributed by atoms with E-state index in [0.717, 1.165) is 186 Å². The Kier molecular flexibility index (Phi) is 53.8. The van der Waals surface area contributed by atoms with Crippen LogP contribution in [0.25, 0.3) is 0 Å². The third-order valence-corrected chi connectivity index (χ3v) is 19.9. The number of benzene rings is 3. The van der Waals surface area contributed by atoms with Gasteiger partial charge in [0, 0.05) is 0 Å². The largest absolute Gasteiger partial charge is 0.462 e. The molecule has 0 aliphatic rings. The number of carbonyl (C=O) groups is 8. The maximum absolute atomic E-state index is 13.4. The molecule has 3 aromatic carbocycles. The molecule has 0 radical (unpaired) electrons. The van der Waals surface area contributed by atoms with Gasteiger partial charge in [-0.1, -0.05) is 246 Å². The number of hydrogen-bond donors (Lipinski definition) is 0. The van der Waals surface area contributed by atoms with E-state index in [1.807, 2.05) is 27.7 Å². The Hall–Kier alpha value is -6.58. The van der Waals surface area contributed by atoms with Crippen molar-refractivity contribution in [3.05, 3.63) is 105 Å². The molecular formula is C87H140O16. The number of hydrogen-bond acceptors (Lipinski definition) is 16. The zero-order valence-corrected chi connectivity index (χ0v) is 67.1. The molecule has 0 saturated carbocycles. The summed E-state index contributed by atoms with van der Waals surface area (Å²) >= 11 is 0. The normalized spacial score (nSPS) is 12.5. The SMILES string of the molecule is CCC(CC)COC(=O)c1ccc(C(=O)OCC(CC)CC)c(C(=O)OCC(CC)CC)c1.CCCCC(CC)COC(=O)c1ccc(C(=O)OCC(CC)CCCC)cc1.CCCCC(CCC)COC(=O)c1ccc(C(=O)OCC(CCC)CCCC)c(C(=O)OCC(CCC)CCCC)c1. The molecule has 0 fully saturated rings. The fraction of sp³-hybridized carbons (Fsp3) is 0.701. The van der Waals surface area contributed by atoms with Crippen molar-refractivity contribution in [3.8, 4) is 0 Å². The third kappa shape index (κ3) is 38.8. The van der Waals surface area contributed by atoms with Gasteiger partial charge in [-0.15, -0.1) is 0 Å². The van der Waals surface area contributed by atoms with E-state index in [-0.39, 0.29) is 82.2 Å². The number of unbranched alkanes of at least 4 members (excludes halogenated alkanes) is 5. The molecule has 103 heavy (non-hydrogen) atoms. The fourth-order valence-corrected chi connectivity index (χ4v) is 12.0. The smallest absolute Gasteiger partial charge is 0.339 e. The monoisotopic (exact) mass is 1440 g/mol. The molecule has 5 unspecified atom stereocenters. The van der Waals surface area contributed by atoms with Crippen LogP contribution in [0.5, 0.6) is 0 Å². The van der Waals surface area contributed by atoms with Gasteiger partial charge in [0.05, 0.1) is 97.4 Å². The van der Waals surface area contributed by atoms with Crippen molar-refractivity contribution in [2.45, 2.75) is 297 Å². The van der Waals surface area contributed by atoms with E-state index in [1.54, 1.807) is 30.3 Å². The Labute approximate surface area is 623 Å². The second kappa shape index (κ2) is 58.7. The van der Waals surface area contributed by atoms with Gasteiger partial charge in [0.1, 0.15) is 0 Å². The molecule has 0 aromatic heterocycles. The first kappa shape index (κ1) is 94.4. The fourth-order valence-electron chi connectivity index (χ4n) is 12.0. The first-order valence-corrected chi connectivity index (χ1v) is 40.5. The first-order chi connectivity index (χ1) is 49.7. The summed E-state index contributed by atoms with van der Waals surface area (Å²) < 4.78 is 44.5. The van der Waals surface area contributed by atoms with Crippen molar-refractivity contribution in [1.29, 1.82) is 0 Å². The van der Waals surface area contributed by atoms with Gasteiger partial charge >= 0.3 is 47.8 Å². The lowest BCUT2D eigenvalue weighted by Gasteiger charge is -2.19. The summed E-state index contributed by atoms with van der Waals surface area (Å²) in [6.07, 6.45) is 29.8. The summed E-state index contributed by atoms with van der Waals surface area (Å²) in [5, 5.41) is 0. The highest BCUT2D eigenvalue weighted by atomic mass is 16.6. The Balaban J connectivity index is 0.000000790. The summed E-state index contributed by atoms with van der Waals surface area (Å²) in [6.45, 7) is 36.5. The number of ether oxygens (including phenoxy) is 8. The van der Waals surface area contributed by atoms with Gasteiger partial charge < -0.3 is 37.9 Å². The van der Waals surface area contributed by atoms with Crippen LogP contribution in [0.15, 0.2) is 60.7 Å². The van der Waals surface area contributed by atoms with E-state index in [4.69, 9.17) is 37.9 Å². The highest BCUT2D eigenvalue weighted by Gasteiger charge is 2.27. The zero-order chi connectivity index (χ0) is 76.7. The zero-order valence-electron chi connectivity index (χ0n) is 67.1. The maximum atomic E-state index is 13.4. The molecular weight excluding hydrogens is 1300 g/mol. The molecule has 5 atom stereocenters. The van der Waals surface area contributed by atoms with Crippen LogP contribution < -0.4 is 0 Å². The van der Waals surface area contributed by atoms with E-state index in [9.17, 15) is 38.4 Å². The minimum atomic E-state index is -0.633. The molecule has 0 aliphatic heterocycles. The standard InChI is InChI=1S/C36H60O6.C27H42O6.C24H38O4/c1-7-13-19-28(16-10-4)25-40-34(37)31-22-23-32(35(38)41-26-29(17-11-5)20-14-8-2)33(24-31)36(39)42-27-30(18-12-6)21-15-9-3;1-7-19(8-2)16-31-25(28)22-13-14-23(26(29)32-17-20(9-3)10-4)24(15-22)27(30)33-18-21(11-5)12-6;1-5-9-11-19(7-3)17-27-23(25)21-13-15-22(16-14-21)24(26)28-18-20(8-4)12-10-6-2/h22-24,28-30H,7-21,25-27H2,1-6H3;13-15,19-21H,7-12,16-18H2,1-6H3;13-16,19-20H,5-12,17-18H2,1-4H3. The third-order valence-electron chi connectivity index (χ3n) is 19.9. The predicted octanol–water partition coefficient (Wildman–Crippen LogP) is 22.9. The lowest BCUT2D eigenvalue weighted by molar-refractivity contribution is 0.0375. The van der Waals surface area contributed by atoms with E-state index in [1.165, 1.54) is 30.3 Å². The van der Waals surface area contributed by atoms with Crippen molar-refractivity contribution in [1.82, 2.24) is 0 Å². The number of esters is 8. The average molecular weight is 1440 g/mol. The van der Waals surface area contributed by atoms with Crippen LogP contribution in [0, 0.1) is 47.3 Å². The van der Waals surface area contributed by atoms with Crippen LogP contribution in [-0.4, -0.2) is 101 Å². The summed E-state index contributed by atoms with van der Waals surface area (Å²) in [6, 6.07) is 15.4. The van der Waals surface area contributed by atoms with Gasteiger partial charge in [0.2, 0.25) is 0 Å². The average Bonchev–Trinajstić information content (AvgIpc) is 0.824. The molecule has 0 bridgehead atoms. The minimum Gasteiger partial charge on any atom is -0.462 e. The summed E-state index contributed by atoms with van der Waals surface area (Å²) in [5.41, 5.74) is 1.73. The molecule has 584 valence electrons. The van der Waals surface area contributed by atoms with Gasteiger partial charge in [-0.25, -0.2) is 38.4 Å². The highest BCUT2D eigenvalue weighted by Crippen LogP contribution is 2.26. The van der Waals surface area contributed by atoms with Crippen molar-refractivity contribution >= 4 is 47.8 Å². The Bertz CT molecular complexity index is 2750. The first-order valence-electron chi connectivity index (χ1n) is 40.5. The second-order valence-electron chi connectivity index (χ2n) is 28.2. The van der Waals surface area contributed by atoms with Crippen LogP contribution >= 0.6 is 0 Å². The van der Waals surface area contributed by atoms with E-state index < -0.39 is 35.8 Å². The summed E-state index contributed by atoms with van der Waals surface area (Å²) in [4.78, 5) is 102. The van der Waals surface area contributed by atoms with E-state index in [2.05, 4.69) is 83.1 Å². The topological polar surface area (TPSA) is 210 Å². The molecule has 0 spiro atoms. The minimum absolute atomic E-state index is 0.0347. The van der Waals surface area contributed by atoms with E-state index in [0.29, 0.717) is 74.4 Å². The van der Waals surface area contributed by atoms with Gasteiger partial charge in [0.15, 0.2) is 0 Å². The quantitative estimate of drug-likeness (QED) is 0.0380. The van der Waals surface area contributed by atoms with Gasteiger partial charge in [-0.05, 0) is 159 Å². The van der Waals surface area contributed by atoms with Crippen molar-refractivity contribution in [3.63, 3.8) is 0 Å². The lowest BCUT2D eigenvalue weighted by atomic mass is 9.97. The van der Waals surface area contributed by atoms with Crippen molar-refractivity contribution in [2.24, 2.45) is 47.3 Å². The molecule has 16 heteroatoms. The Morgan fingerprint density at radius 2 is 0.408 bits per heavy atom.